The van der Waals surface area contributed by atoms with Crippen LogP contribution in [0.15, 0.2) is 18.2 Å². The highest BCUT2D eigenvalue weighted by Crippen LogP contribution is 2.12. The molecule has 0 aromatic heterocycles. The van der Waals surface area contributed by atoms with E-state index >= 15 is 0 Å². The van der Waals surface area contributed by atoms with Gasteiger partial charge in [0.2, 0.25) is 21.8 Å². The maximum atomic E-state index is 13.2. The van der Waals surface area contributed by atoms with E-state index in [0.29, 0.717) is 44.6 Å². The first kappa shape index (κ1) is 21.2. The normalized spacial score (nSPS) is 15.5. The molecule has 1 aromatic carbocycles. The van der Waals surface area contributed by atoms with Crippen molar-refractivity contribution in [1.82, 2.24) is 14.5 Å². The molecule has 1 heterocycles. The molecule has 0 aliphatic carbocycles. The molecule has 1 aliphatic rings. The Hall–Kier alpha value is -2.07. The summed E-state index contributed by atoms with van der Waals surface area (Å²) < 4.78 is 50.5. The van der Waals surface area contributed by atoms with Crippen LogP contribution in [0.5, 0.6) is 0 Å². The van der Waals surface area contributed by atoms with Gasteiger partial charge in [-0.1, -0.05) is 6.07 Å². The Morgan fingerprint density at radius 3 is 2.26 bits per heavy atom. The summed E-state index contributed by atoms with van der Waals surface area (Å²) in [4.78, 5) is 27.6. The molecule has 0 saturated carbocycles. The zero-order valence-electron chi connectivity index (χ0n) is 15.1. The van der Waals surface area contributed by atoms with Crippen LogP contribution >= 0.6 is 0 Å². The van der Waals surface area contributed by atoms with E-state index < -0.39 is 21.7 Å². The second-order valence-corrected chi connectivity index (χ2v) is 8.29. The Morgan fingerprint density at radius 1 is 1.04 bits per heavy atom. The van der Waals surface area contributed by atoms with Gasteiger partial charge in [0.25, 0.3) is 0 Å². The lowest BCUT2D eigenvalue weighted by Gasteiger charge is -2.22. The molecule has 1 aliphatic heterocycles. The standard InChI is InChI=1S/C17H23F2N3O4S/c1-27(25,26)20-12-17(24)22-8-2-7-21(9-10-22)16(23)6-4-13-3-5-14(18)15(19)11-13/h3,5,11,20H,2,4,6-10,12H2,1H3. The monoisotopic (exact) mass is 403 g/mol. The first-order valence-electron chi connectivity index (χ1n) is 8.60. The third kappa shape index (κ3) is 6.87. The minimum Gasteiger partial charge on any atom is -0.341 e. The molecule has 1 fully saturated rings. The predicted octanol–water partition coefficient (Wildman–Crippen LogP) is 0.508. The number of sulfonamides is 1. The van der Waals surface area contributed by atoms with E-state index in [-0.39, 0.29) is 24.8 Å². The highest BCUT2D eigenvalue weighted by Gasteiger charge is 2.22. The summed E-state index contributed by atoms with van der Waals surface area (Å²) in [6.07, 6.45) is 2.03. The molecule has 2 amide bonds. The molecule has 2 rings (SSSR count). The second-order valence-electron chi connectivity index (χ2n) is 6.46. The number of amides is 2. The summed E-state index contributed by atoms with van der Waals surface area (Å²) >= 11 is 0. The summed E-state index contributed by atoms with van der Waals surface area (Å²) in [5, 5.41) is 0. The molecule has 1 aromatic rings. The Morgan fingerprint density at radius 2 is 1.67 bits per heavy atom. The van der Waals surface area contributed by atoms with Crippen LogP contribution in [0.2, 0.25) is 0 Å². The van der Waals surface area contributed by atoms with E-state index in [1.807, 2.05) is 0 Å². The first-order valence-corrected chi connectivity index (χ1v) is 10.5. The zero-order chi connectivity index (χ0) is 20.0. The summed E-state index contributed by atoms with van der Waals surface area (Å²) in [7, 11) is -3.44. The van der Waals surface area contributed by atoms with Crippen molar-refractivity contribution in [1.29, 1.82) is 0 Å². The van der Waals surface area contributed by atoms with Gasteiger partial charge in [-0.15, -0.1) is 0 Å². The number of nitrogens with zero attached hydrogens (tertiary/aromatic N) is 2. The van der Waals surface area contributed by atoms with Crippen molar-refractivity contribution in [2.75, 3.05) is 39.0 Å². The number of nitrogens with one attached hydrogen (secondary N) is 1. The smallest absolute Gasteiger partial charge is 0.237 e. The molecule has 10 heteroatoms. The van der Waals surface area contributed by atoms with Gasteiger partial charge in [0.05, 0.1) is 12.8 Å². The maximum Gasteiger partial charge on any atom is 0.237 e. The third-order valence-electron chi connectivity index (χ3n) is 4.30. The third-order valence-corrected chi connectivity index (χ3v) is 4.97. The number of carbonyl (C=O) groups excluding carboxylic acids is 2. The van der Waals surface area contributed by atoms with E-state index in [4.69, 9.17) is 0 Å². The number of hydrogen-bond donors (Lipinski definition) is 1. The Balaban J connectivity index is 1.83. The molecule has 1 N–H and O–H groups in total. The number of hydrogen-bond acceptors (Lipinski definition) is 4. The minimum atomic E-state index is -3.44. The van der Waals surface area contributed by atoms with Crippen LogP contribution in [-0.4, -0.2) is 69.0 Å². The van der Waals surface area contributed by atoms with Crippen LogP contribution in [0.4, 0.5) is 8.78 Å². The van der Waals surface area contributed by atoms with Crippen LogP contribution in [0.25, 0.3) is 0 Å². The fraction of sp³-hybridized carbons (Fsp3) is 0.529. The van der Waals surface area contributed by atoms with Crippen LogP contribution in [0.1, 0.15) is 18.4 Å². The molecule has 0 radical (unpaired) electrons. The number of rotatable bonds is 6. The molecule has 1 saturated heterocycles. The van der Waals surface area contributed by atoms with Crippen molar-refractivity contribution in [2.24, 2.45) is 0 Å². The summed E-state index contributed by atoms with van der Waals surface area (Å²) in [5.74, 6) is -2.32. The van der Waals surface area contributed by atoms with E-state index in [2.05, 4.69) is 4.72 Å². The van der Waals surface area contributed by atoms with Crippen LogP contribution < -0.4 is 4.72 Å². The van der Waals surface area contributed by atoms with Crippen LogP contribution in [-0.2, 0) is 26.0 Å². The summed E-state index contributed by atoms with van der Waals surface area (Å²) in [6, 6.07) is 3.57. The Bertz CT molecular complexity index is 801. The molecule has 27 heavy (non-hydrogen) atoms. The van der Waals surface area contributed by atoms with Crippen molar-refractivity contribution >= 4 is 21.8 Å². The van der Waals surface area contributed by atoms with E-state index in [0.717, 1.165) is 18.4 Å². The SMILES string of the molecule is CS(=O)(=O)NCC(=O)N1CCCN(C(=O)CCc2ccc(F)c(F)c2)CC1. The van der Waals surface area contributed by atoms with Gasteiger partial charge in [-0.3, -0.25) is 9.59 Å². The second kappa shape index (κ2) is 9.23. The maximum absolute atomic E-state index is 13.2. The number of halogens is 2. The van der Waals surface area contributed by atoms with Gasteiger partial charge in [-0.2, -0.15) is 0 Å². The van der Waals surface area contributed by atoms with Crippen LogP contribution in [0, 0.1) is 11.6 Å². The van der Waals surface area contributed by atoms with Crippen molar-refractivity contribution in [3.05, 3.63) is 35.4 Å². The van der Waals surface area contributed by atoms with Crippen molar-refractivity contribution in [2.45, 2.75) is 19.3 Å². The Kier molecular flexibility index (Phi) is 7.25. The van der Waals surface area contributed by atoms with Crippen molar-refractivity contribution in [3.8, 4) is 0 Å². The van der Waals surface area contributed by atoms with Gasteiger partial charge >= 0.3 is 0 Å². The van der Waals surface area contributed by atoms with Crippen molar-refractivity contribution < 1.29 is 26.8 Å². The van der Waals surface area contributed by atoms with E-state index in [1.165, 1.54) is 11.0 Å². The minimum absolute atomic E-state index is 0.122. The van der Waals surface area contributed by atoms with Gasteiger partial charge in [-0.25, -0.2) is 21.9 Å². The summed E-state index contributed by atoms with van der Waals surface area (Å²) in [5.41, 5.74) is 0.542. The largest absolute Gasteiger partial charge is 0.341 e. The van der Waals surface area contributed by atoms with Crippen molar-refractivity contribution in [3.63, 3.8) is 0 Å². The summed E-state index contributed by atoms with van der Waals surface area (Å²) in [6.45, 7) is 1.29. The molecular formula is C17H23F2N3O4S. The average Bonchev–Trinajstić information content (AvgIpc) is 2.86. The van der Waals surface area contributed by atoms with Gasteiger partial charge in [0.1, 0.15) is 0 Å². The molecule has 0 unspecified atom stereocenters. The van der Waals surface area contributed by atoms with E-state index in [1.54, 1.807) is 4.90 Å². The molecule has 0 spiro atoms. The van der Waals surface area contributed by atoms with Gasteiger partial charge in [-0.05, 0) is 30.5 Å². The number of carbonyl (C=O) groups is 2. The molecule has 7 nitrogen and oxygen atoms in total. The van der Waals surface area contributed by atoms with E-state index in [9.17, 15) is 26.8 Å². The molecule has 150 valence electrons. The fourth-order valence-corrected chi connectivity index (χ4v) is 3.21. The topological polar surface area (TPSA) is 86.8 Å². The number of benzene rings is 1. The number of aryl methyl sites for hydroxylation is 1. The highest BCUT2D eigenvalue weighted by molar-refractivity contribution is 7.88. The van der Waals surface area contributed by atoms with Gasteiger partial charge in [0, 0.05) is 32.6 Å². The molecule has 0 bridgehead atoms. The Labute approximate surface area is 157 Å². The molecular weight excluding hydrogens is 380 g/mol. The average molecular weight is 403 g/mol. The van der Waals surface area contributed by atoms with Crippen LogP contribution in [0.3, 0.4) is 0 Å². The lowest BCUT2D eigenvalue weighted by atomic mass is 10.1. The first-order chi connectivity index (χ1) is 12.7. The quantitative estimate of drug-likeness (QED) is 0.750. The van der Waals surface area contributed by atoms with Gasteiger partial charge < -0.3 is 9.80 Å². The zero-order valence-corrected chi connectivity index (χ0v) is 15.9. The lowest BCUT2D eigenvalue weighted by molar-refractivity contribution is -0.132. The predicted molar refractivity (Wildman–Crippen MR) is 95.3 cm³/mol. The molecule has 0 atom stereocenters. The lowest BCUT2D eigenvalue weighted by Crippen LogP contribution is -2.42. The fourth-order valence-electron chi connectivity index (χ4n) is 2.83. The van der Waals surface area contributed by atoms with Gasteiger partial charge in [0.15, 0.2) is 11.6 Å². The highest BCUT2D eigenvalue weighted by atomic mass is 32.2.